The van der Waals surface area contributed by atoms with Gasteiger partial charge in [-0.25, -0.2) is 4.79 Å². The monoisotopic (exact) mass is 314 g/mol. The molecule has 1 aromatic carbocycles. The van der Waals surface area contributed by atoms with Gasteiger partial charge in [-0.15, -0.1) is 0 Å². The van der Waals surface area contributed by atoms with Gasteiger partial charge in [0.25, 0.3) is 5.91 Å². The van der Waals surface area contributed by atoms with E-state index in [-0.39, 0.29) is 17.4 Å². The number of nitrogens with one attached hydrogen (secondary N) is 1. The van der Waals surface area contributed by atoms with E-state index in [0.29, 0.717) is 11.3 Å². The van der Waals surface area contributed by atoms with Crippen molar-refractivity contribution in [2.24, 2.45) is 0 Å². The molecule has 2 rings (SSSR count). The Labute approximate surface area is 134 Å². The number of ketones is 1. The van der Waals surface area contributed by atoms with Crippen molar-refractivity contribution in [3.8, 4) is 0 Å². The summed E-state index contributed by atoms with van der Waals surface area (Å²) in [6, 6.07) is 10.5. The van der Waals surface area contributed by atoms with Crippen LogP contribution in [0.15, 0.2) is 42.6 Å². The quantitative estimate of drug-likeness (QED) is 0.679. The molecule has 1 aromatic heterocycles. The van der Waals surface area contributed by atoms with Crippen LogP contribution in [0.3, 0.4) is 0 Å². The molecule has 1 heterocycles. The molecule has 6 heteroatoms. The third kappa shape index (κ3) is 3.85. The third-order valence-corrected chi connectivity index (χ3v) is 3.42. The minimum Gasteiger partial charge on any atom is -0.448 e. The number of esters is 1. The minimum atomic E-state index is -0.947. The van der Waals surface area contributed by atoms with Crippen LogP contribution in [-0.2, 0) is 9.53 Å². The number of ether oxygens (including phenoxy) is 1. The Morgan fingerprint density at radius 2 is 1.83 bits per heavy atom. The molecule has 0 aliphatic rings. The number of aromatic nitrogens is 1. The van der Waals surface area contributed by atoms with Crippen LogP contribution in [0.1, 0.15) is 34.7 Å². The molecule has 1 N–H and O–H groups in total. The first-order chi connectivity index (χ1) is 10.9. The summed E-state index contributed by atoms with van der Waals surface area (Å²) in [4.78, 5) is 39.6. The summed E-state index contributed by atoms with van der Waals surface area (Å²) in [5, 5.41) is 0. The Kier molecular flexibility index (Phi) is 4.95. The summed E-state index contributed by atoms with van der Waals surface area (Å²) in [6.07, 6.45) is 0.485. The number of H-pyrrole nitrogens is 1. The van der Waals surface area contributed by atoms with Crippen molar-refractivity contribution in [1.82, 2.24) is 4.98 Å². The van der Waals surface area contributed by atoms with E-state index in [1.165, 1.54) is 31.0 Å². The molecular formula is C17H18N2O4. The summed E-state index contributed by atoms with van der Waals surface area (Å²) in [7, 11) is 1.62. The van der Waals surface area contributed by atoms with Crippen LogP contribution in [0.4, 0.5) is 5.69 Å². The Balaban J connectivity index is 2.02. The van der Waals surface area contributed by atoms with Crippen molar-refractivity contribution in [3.63, 3.8) is 0 Å². The van der Waals surface area contributed by atoms with Gasteiger partial charge in [0.2, 0.25) is 0 Å². The number of benzene rings is 1. The van der Waals surface area contributed by atoms with Crippen LogP contribution in [0.2, 0.25) is 0 Å². The second-order valence-corrected chi connectivity index (χ2v) is 5.14. The molecule has 2 aromatic rings. The number of carbonyl (C=O) groups excluding carboxylic acids is 3. The van der Waals surface area contributed by atoms with Crippen molar-refractivity contribution in [2.45, 2.75) is 20.0 Å². The molecular weight excluding hydrogens is 296 g/mol. The van der Waals surface area contributed by atoms with Crippen molar-refractivity contribution in [2.75, 3.05) is 11.9 Å². The van der Waals surface area contributed by atoms with Crippen LogP contribution in [0.5, 0.6) is 0 Å². The SMILES string of the molecule is CC(=O)c1c[nH]c(C(=O)OC(C)C(=O)N(C)c2ccccc2)c1. The van der Waals surface area contributed by atoms with E-state index in [1.54, 1.807) is 19.2 Å². The van der Waals surface area contributed by atoms with Crippen LogP contribution in [-0.4, -0.2) is 35.8 Å². The van der Waals surface area contributed by atoms with Crippen LogP contribution >= 0.6 is 0 Å². The number of hydrogen-bond acceptors (Lipinski definition) is 4. The fraction of sp³-hybridized carbons (Fsp3) is 0.235. The molecule has 0 saturated carbocycles. The number of aromatic amines is 1. The number of carbonyl (C=O) groups is 3. The molecule has 0 radical (unpaired) electrons. The van der Waals surface area contributed by atoms with Gasteiger partial charge in [-0.3, -0.25) is 9.59 Å². The summed E-state index contributed by atoms with van der Waals surface area (Å²) in [6.45, 7) is 2.91. The van der Waals surface area contributed by atoms with Gasteiger partial charge in [0.15, 0.2) is 11.9 Å². The van der Waals surface area contributed by atoms with Crippen molar-refractivity contribution >= 4 is 23.3 Å². The number of likely N-dealkylation sites (N-methyl/N-ethyl adjacent to an activating group) is 1. The largest absolute Gasteiger partial charge is 0.448 e. The summed E-state index contributed by atoms with van der Waals surface area (Å²) >= 11 is 0. The number of amides is 1. The minimum absolute atomic E-state index is 0.136. The molecule has 1 unspecified atom stereocenters. The van der Waals surface area contributed by atoms with Gasteiger partial charge in [0.05, 0.1) is 0 Å². The first kappa shape index (κ1) is 16.5. The fourth-order valence-corrected chi connectivity index (χ4v) is 2.04. The maximum Gasteiger partial charge on any atom is 0.355 e. The highest BCUT2D eigenvalue weighted by Gasteiger charge is 2.23. The predicted octanol–water partition coefficient (Wildman–Crippen LogP) is 2.43. The van der Waals surface area contributed by atoms with Gasteiger partial charge in [-0.2, -0.15) is 0 Å². The van der Waals surface area contributed by atoms with Crippen molar-refractivity contribution in [1.29, 1.82) is 0 Å². The van der Waals surface area contributed by atoms with E-state index < -0.39 is 12.1 Å². The summed E-state index contributed by atoms with van der Waals surface area (Å²) in [5.74, 6) is -1.18. The first-order valence-electron chi connectivity index (χ1n) is 7.13. The maximum absolute atomic E-state index is 12.3. The maximum atomic E-state index is 12.3. The molecule has 0 aliphatic heterocycles. The standard InChI is InChI=1S/C17H18N2O4/c1-11(20)13-9-15(18-10-13)17(22)23-12(2)16(21)19(3)14-7-5-4-6-8-14/h4-10,12,18H,1-3H3. The first-order valence-corrected chi connectivity index (χ1v) is 7.13. The number of anilines is 1. The molecule has 0 saturated heterocycles. The summed E-state index contributed by atoms with van der Waals surface area (Å²) in [5.41, 5.74) is 1.23. The number of hydrogen-bond donors (Lipinski definition) is 1. The van der Waals surface area contributed by atoms with Gasteiger partial charge in [-0.1, -0.05) is 18.2 Å². The molecule has 1 amide bonds. The highest BCUT2D eigenvalue weighted by atomic mass is 16.5. The lowest BCUT2D eigenvalue weighted by Crippen LogP contribution is -2.37. The number of Topliss-reactive ketones (excluding diaryl/α,β-unsaturated/α-hetero) is 1. The molecule has 0 bridgehead atoms. The fourth-order valence-electron chi connectivity index (χ4n) is 2.04. The van der Waals surface area contributed by atoms with Crippen molar-refractivity contribution < 1.29 is 19.1 Å². The predicted molar refractivity (Wildman–Crippen MR) is 85.5 cm³/mol. The Hall–Kier alpha value is -2.89. The van der Waals surface area contributed by atoms with Gasteiger partial charge in [-0.05, 0) is 32.0 Å². The molecule has 23 heavy (non-hydrogen) atoms. The molecule has 0 spiro atoms. The highest BCUT2D eigenvalue weighted by Crippen LogP contribution is 2.14. The lowest BCUT2D eigenvalue weighted by Gasteiger charge is -2.21. The zero-order valence-corrected chi connectivity index (χ0v) is 13.2. The lowest BCUT2D eigenvalue weighted by atomic mass is 10.2. The second-order valence-electron chi connectivity index (χ2n) is 5.14. The van der Waals surface area contributed by atoms with E-state index in [1.807, 2.05) is 18.2 Å². The van der Waals surface area contributed by atoms with E-state index in [0.717, 1.165) is 0 Å². The van der Waals surface area contributed by atoms with E-state index >= 15 is 0 Å². The average Bonchev–Trinajstić information content (AvgIpc) is 3.04. The van der Waals surface area contributed by atoms with Crippen LogP contribution in [0.25, 0.3) is 0 Å². The number of rotatable bonds is 5. The molecule has 0 fully saturated rings. The van der Waals surface area contributed by atoms with E-state index in [2.05, 4.69) is 4.98 Å². The second kappa shape index (κ2) is 6.91. The van der Waals surface area contributed by atoms with Crippen molar-refractivity contribution in [3.05, 3.63) is 53.9 Å². The normalized spacial score (nSPS) is 11.6. The van der Waals surface area contributed by atoms with Gasteiger partial charge in [0, 0.05) is 24.5 Å². The number of para-hydroxylation sites is 1. The van der Waals surface area contributed by atoms with Gasteiger partial charge < -0.3 is 14.6 Å². The topological polar surface area (TPSA) is 79.5 Å². The van der Waals surface area contributed by atoms with Gasteiger partial charge >= 0.3 is 5.97 Å². The molecule has 120 valence electrons. The molecule has 0 aliphatic carbocycles. The average molecular weight is 314 g/mol. The Morgan fingerprint density at radius 3 is 2.39 bits per heavy atom. The lowest BCUT2D eigenvalue weighted by molar-refractivity contribution is -0.126. The summed E-state index contributed by atoms with van der Waals surface area (Å²) < 4.78 is 5.16. The zero-order valence-electron chi connectivity index (χ0n) is 13.2. The van der Waals surface area contributed by atoms with Crippen LogP contribution in [0, 0.1) is 0 Å². The van der Waals surface area contributed by atoms with E-state index in [9.17, 15) is 14.4 Å². The zero-order chi connectivity index (χ0) is 17.0. The number of nitrogens with zero attached hydrogens (tertiary/aromatic N) is 1. The van der Waals surface area contributed by atoms with Crippen LogP contribution < -0.4 is 4.90 Å². The highest BCUT2D eigenvalue weighted by molar-refractivity contribution is 6.00. The third-order valence-electron chi connectivity index (χ3n) is 3.42. The Morgan fingerprint density at radius 1 is 1.17 bits per heavy atom. The molecule has 1 atom stereocenters. The Bertz CT molecular complexity index is 721. The van der Waals surface area contributed by atoms with Gasteiger partial charge in [0.1, 0.15) is 5.69 Å². The van der Waals surface area contributed by atoms with E-state index in [4.69, 9.17) is 4.74 Å². The smallest absolute Gasteiger partial charge is 0.355 e. The molecule has 6 nitrogen and oxygen atoms in total.